The van der Waals surface area contributed by atoms with Crippen molar-refractivity contribution in [2.75, 3.05) is 31.7 Å². The molecule has 32 heavy (non-hydrogen) atoms. The zero-order valence-corrected chi connectivity index (χ0v) is 19.5. The van der Waals surface area contributed by atoms with Gasteiger partial charge in [-0.25, -0.2) is 8.42 Å². The quantitative estimate of drug-likeness (QED) is 0.582. The molecule has 3 rings (SSSR count). The summed E-state index contributed by atoms with van der Waals surface area (Å²) in [5, 5.41) is 2.96. The molecule has 1 fully saturated rings. The number of amides is 1. The highest BCUT2D eigenvalue weighted by Crippen LogP contribution is 2.32. The summed E-state index contributed by atoms with van der Waals surface area (Å²) in [5.74, 6) is 0.985. The standard InChI is InChI=1S/C23H30N2O6S/c1-4-31-19-11-9-18(10-12-19)25(16-23(26)24-17-7-5-6-8-17)32(27,28)20-13-14-21(29-2)22(15-20)30-3/h9-15,17H,4-8,16H2,1-3H3,(H,24,26). The summed E-state index contributed by atoms with van der Waals surface area (Å²) in [6.45, 7) is 2.03. The Morgan fingerprint density at radius 2 is 1.69 bits per heavy atom. The second-order valence-corrected chi connectivity index (χ2v) is 9.37. The van der Waals surface area contributed by atoms with Gasteiger partial charge in [0.05, 0.1) is 31.4 Å². The van der Waals surface area contributed by atoms with Crippen LogP contribution in [0.3, 0.4) is 0 Å². The Morgan fingerprint density at radius 3 is 2.28 bits per heavy atom. The van der Waals surface area contributed by atoms with Gasteiger partial charge in [-0.05, 0) is 56.2 Å². The Labute approximate surface area is 189 Å². The first-order valence-corrected chi connectivity index (χ1v) is 12.1. The summed E-state index contributed by atoms with van der Waals surface area (Å²) >= 11 is 0. The molecule has 2 aromatic rings. The minimum Gasteiger partial charge on any atom is -0.494 e. The number of ether oxygens (including phenoxy) is 3. The van der Waals surface area contributed by atoms with Crippen LogP contribution in [0, 0.1) is 0 Å². The number of carbonyl (C=O) groups excluding carboxylic acids is 1. The van der Waals surface area contributed by atoms with E-state index in [2.05, 4.69) is 5.32 Å². The Balaban J connectivity index is 1.95. The average molecular weight is 463 g/mol. The van der Waals surface area contributed by atoms with Crippen LogP contribution >= 0.6 is 0 Å². The van der Waals surface area contributed by atoms with Crippen molar-refractivity contribution in [3.05, 3.63) is 42.5 Å². The molecule has 1 aliphatic carbocycles. The van der Waals surface area contributed by atoms with Crippen molar-refractivity contribution in [1.29, 1.82) is 0 Å². The van der Waals surface area contributed by atoms with Crippen LogP contribution in [0.25, 0.3) is 0 Å². The van der Waals surface area contributed by atoms with Crippen molar-refractivity contribution < 1.29 is 27.4 Å². The minimum absolute atomic E-state index is 0.00213. The molecule has 0 saturated heterocycles. The summed E-state index contributed by atoms with van der Waals surface area (Å²) < 4.78 is 44.2. The second kappa shape index (κ2) is 10.6. The molecule has 0 radical (unpaired) electrons. The van der Waals surface area contributed by atoms with Crippen molar-refractivity contribution in [2.24, 2.45) is 0 Å². The highest BCUT2D eigenvalue weighted by atomic mass is 32.2. The van der Waals surface area contributed by atoms with Gasteiger partial charge in [0.15, 0.2) is 11.5 Å². The highest BCUT2D eigenvalue weighted by Gasteiger charge is 2.29. The molecule has 0 heterocycles. The number of sulfonamides is 1. The molecule has 1 N–H and O–H groups in total. The molecule has 0 unspecified atom stereocenters. The zero-order valence-electron chi connectivity index (χ0n) is 18.7. The van der Waals surface area contributed by atoms with E-state index < -0.39 is 10.0 Å². The molecule has 1 saturated carbocycles. The summed E-state index contributed by atoms with van der Waals surface area (Å²) in [4.78, 5) is 12.8. The lowest BCUT2D eigenvalue weighted by atomic mass is 10.2. The molecule has 0 atom stereocenters. The number of methoxy groups -OCH3 is 2. The van der Waals surface area contributed by atoms with E-state index in [9.17, 15) is 13.2 Å². The maximum absolute atomic E-state index is 13.6. The van der Waals surface area contributed by atoms with E-state index in [0.717, 1.165) is 30.0 Å². The van der Waals surface area contributed by atoms with Crippen LogP contribution in [-0.2, 0) is 14.8 Å². The number of benzene rings is 2. The van der Waals surface area contributed by atoms with E-state index in [1.54, 1.807) is 24.3 Å². The summed E-state index contributed by atoms with van der Waals surface area (Å²) in [5.41, 5.74) is 0.366. The SMILES string of the molecule is CCOc1ccc(N(CC(=O)NC2CCCC2)S(=O)(=O)c2ccc(OC)c(OC)c2)cc1. The number of carbonyl (C=O) groups is 1. The van der Waals surface area contributed by atoms with Crippen LogP contribution in [0.4, 0.5) is 5.69 Å². The molecule has 0 bridgehead atoms. The summed E-state index contributed by atoms with van der Waals surface area (Å²) in [6, 6.07) is 11.1. The van der Waals surface area contributed by atoms with Gasteiger partial charge in [-0.1, -0.05) is 12.8 Å². The molecule has 174 valence electrons. The van der Waals surface area contributed by atoms with Crippen LogP contribution in [0.2, 0.25) is 0 Å². The van der Waals surface area contributed by atoms with Crippen LogP contribution in [0.5, 0.6) is 17.2 Å². The maximum Gasteiger partial charge on any atom is 0.264 e. The lowest BCUT2D eigenvalue weighted by Crippen LogP contribution is -2.43. The van der Waals surface area contributed by atoms with E-state index in [4.69, 9.17) is 14.2 Å². The largest absolute Gasteiger partial charge is 0.494 e. The Morgan fingerprint density at radius 1 is 1.03 bits per heavy atom. The topological polar surface area (TPSA) is 94.2 Å². The molecule has 2 aromatic carbocycles. The predicted molar refractivity (Wildman–Crippen MR) is 122 cm³/mol. The van der Waals surface area contributed by atoms with Crippen LogP contribution in [0.15, 0.2) is 47.4 Å². The number of rotatable bonds is 10. The molecule has 8 nitrogen and oxygen atoms in total. The van der Waals surface area contributed by atoms with Crippen molar-refractivity contribution in [3.63, 3.8) is 0 Å². The number of anilines is 1. The van der Waals surface area contributed by atoms with E-state index in [1.807, 2.05) is 6.92 Å². The highest BCUT2D eigenvalue weighted by molar-refractivity contribution is 7.92. The van der Waals surface area contributed by atoms with Gasteiger partial charge in [0.2, 0.25) is 5.91 Å². The van der Waals surface area contributed by atoms with Gasteiger partial charge in [-0.2, -0.15) is 0 Å². The van der Waals surface area contributed by atoms with Gasteiger partial charge < -0.3 is 19.5 Å². The molecule has 0 aliphatic heterocycles. The van der Waals surface area contributed by atoms with E-state index >= 15 is 0 Å². The third-order valence-corrected chi connectivity index (χ3v) is 7.16. The first-order chi connectivity index (χ1) is 15.4. The maximum atomic E-state index is 13.6. The minimum atomic E-state index is -4.07. The van der Waals surface area contributed by atoms with Crippen LogP contribution in [0.1, 0.15) is 32.6 Å². The van der Waals surface area contributed by atoms with Gasteiger partial charge in [-0.3, -0.25) is 9.10 Å². The van der Waals surface area contributed by atoms with Gasteiger partial charge >= 0.3 is 0 Å². The number of nitrogens with one attached hydrogen (secondary N) is 1. The fourth-order valence-corrected chi connectivity index (χ4v) is 5.21. The molecule has 1 amide bonds. The Hall–Kier alpha value is -2.94. The predicted octanol–water partition coefficient (Wildman–Crippen LogP) is 3.36. The smallest absolute Gasteiger partial charge is 0.264 e. The van der Waals surface area contributed by atoms with Gasteiger partial charge in [-0.15, -0.1) is 0 Å². The molecular weight excluding hydrogens is 432 g/mol. The lowest BCUT2D eigenvalue weighted by Gasteiger charge is -2.25. The molecule has 0 spiro atoms. The number of hydrogen-bond donors (Lipinski definition) is 1. The average Bonchev–Trinajstić information content (AvgIpc) is 3.30. The van der Waals surface area contributed by atoms with Crippen molar-refractivity contribution >= 4 is 21.6 Å². The Bertz CT molecular complexity index is 1020. The number of hydrogen-bond acceptors (Lipinski definition) is 6. The van der Waals surface area contributed by atoms with Gasteiger partial charge in [0.1, 0.15) is 12.3 Å². The Kier molecular flexibility index (Phi) is 7.84. The zero-order chi connectivity index (χ0) is 23.1. The van der Waals surface area contributed by atoms with E-state index in [-0.39, 0.29) is 29.1 Å². The molecule has 1 aliphatic rings. The third-order valence-electron chi connectivity index (χ3n) is 5.39. The molecule has 0 aromatic heterocycles. The first-order valence-electron chi connectivity index (χ1n) is 10.7. The van der Waals surface area contributed by atoms with Crippen LogP contribution < -0.4 is 23.8 Å². The van der Waals surface area contributed by atoms with Crippen molar-refractivity contribution in [3.8, 4) is 17.2 Å². The fraction of sp³-hybridized carbons (Fsp3) is 0.435. The van der Waals surface area contributed by atoms with Gasteiger partial charge in [0.25, 0.3) is 10.0 Å². The first kappa shape index (κ1) is 23.7. The van der Waals surface area contributed by atoms with Crippen molar-refractivity contribution in [2.45, 2.75) is 43.5 Å². The summed E-state index contributed by atoms with van der Waals surface area (Å²) in [6.07, 6.45) is 3.96. The van der Waals surface area contributed by atoms with Crippen molar-refractivity contribution in [1.82, 2.24) is 5.32 Å². The van der Waals surface area contributed by atoms with E-state index in [1.165, 1.54) is 32.4 Å². The lowest BCUT2D eigenvalue weighted by molar-refractivity contribution is -0.120. The normalized spacial score (nSPS) is 14.1. The number of nitrogens with zero attached hydrogens (tertiary/aromatic N) is 1. The monoisotopic (exact) mass is 462 g/mol. The summed E-state index contributed by atoms with van der Waals surface area (Å²) in [7, 11) is -1.15. The molecular formula is C23H30N2O6S. The third kappa shape index (κ3) is 5.45. The van der Waals surface area contributed by atoms with Gasteiger partial charge in [0, 0.05) is 12.1 Å². The second-order valence-electron chi connectivity index (χ2n) is 7.50. The fourth-order valence-electron chi connectivity index (χ4n) is 3.77. The van der Waals surface area contributed by atoms with Crippen LogP contribution in [-0.4, -0.2) is 47.7 Å². The molecule has 9 heteroatoms. The van der Waals surface area contributed by atoms with E-state index in [0.29, 0.717) is 23.8 Å².